The average Bonchev–Trinajstić information content (AvgIpc) is 3.64. The van der Waals surface area contributed by atoms with Gasteiger partial charge in [-0.2, -0.15) is 4.98 Å². The minimum atomic E-state index is -3.69. The van der Waals surface area contributed by atoms with Crippen molar-refractivity contribution in [2.75, 3.05) is 36.7 Å². The number of alkyl carbamates (subject to hydrolysis) is 1. The van der Waals surface area contributed by atoms with Crippen molar-refractivity contribution in [3.8, 4) is 16.9 Å². The van der Waals surface area contributed by atoms with Gasteiger partial charge < -0.3 is 34.9 Å². The predicted octanol–water partition coefficient (Wildman–Crippen LogP) is 6.49. The number of carbonyl (C=O) groups is 5. The number of nitrogens with zero attached hydrogens (tertiary/aromatic N) is 4. The van der Waals surface area contributed by atoms with Crippen LogP contribution in [-0.2, 0) is 44.9 Å². The highest BCUT2D eigenvalue weighted by Crippen LogP contribution is 2.36. The topological polar surface area (TPSA) is 226 Å². The molecule has 2 heterocycles. The highest BCUT2D eigenvalue weighted by atomic mass is 32.2. The molecule has 0 fully saturated rings. The Morgan fingerprint density at radius 3 is 2.23 bits per heavy atom. The summed E-state index contributed by atoms with van der Waals surface area (Å²) in [6, 6.07) is 19.9. The van der Waals surface area contributed by atoms with E-state index in [1.165, 1.54) is 48.9 Å². The van der Waals surface area contributed by atoms with Crippen LogP contribution >= 0.6 is 0 Å². The molecule has 3 N–H and O–H groups in total. The molecule has 0 radical (unpaired) electrons. The van der Waals surface area contributed by atoms with E-state index >= 15 is 0 Å². The molecule has 340 valence electrons. The number of anilines is 3. The molecule has 1 unspecified atom stereocenters. The lowest BCUT2D eigenvalue weighted by Gasteiger charge is -2.23. The van der Waals surface area contributed by atoms with E-state index < -0.39 is 52.3 Å². The van der Waals surface area contributed by atoms with Crippen molar-refractivity contribution in [2.24, 2.45) is 0 Å². The van der Waals surface area contributed by atoms with Gasteiger partial charge in [0.2, 0.25) is 18.1 Å². The van der Waals surface area contributed by atoms with Crippen LogP contribution < -0.4 is 25.6 Å². The molecule has 5 rings (SSSR count). The van der Waals surface area contributed by atoms with Crippen LogP contribution in [0.15, 0.2) is 90.0 Å². The van der Waals surface area contributed by atoms with Crippen molar-refractivity contribution in [2.45, 2.75) is 76.6 Å². The van der Waals surface area contributed by atoms with Crippen molar-refractivity contribution < 1.29 is 55.7 Å². The van der Waals surface area contributed by atoms with Crippen LogP contribution in [0.2, 0.25) is 0 Å². The second-order valence-corrected chi connectivity index (χ2v) is 17.5. The molecule has 1 atom stereocenters. The van der Waals surface area contributed by atoms with Gasteiger partial charge in [-0.15, -0.1) is 5.10 Å². The second kappa shape index (κ2) is 21.3. The highest BCUT2D eigenvalue weighted by molar-refractivity contribution is 7.90. The number of aromatic nitrogens is 3. The Labute approximate surface area is 369 Å². The monoisotopic (exact) mass is 903 g/mol. The Balaban J connectivity index is 1.24. The summed E-state index contributed by atoms with van der Waals surface area (Å²) < 4.78 is 60.8. The second-order valence-electron chi connectivity index (χ2n) is 15.5. The number of hydrogen-bond acceptors (Lipinski definition) is 13. The standard InChI is InChI=1S/C44H50FN7O11S/c1-28(61-40(55)26-47-38(53)10-8-7-9-23-46-42(56)63-44(2,3)4)62-43(57)52(35-21-20-34(64(6,58)59)25-36(35)60-5)41-49-37-22-15-31(27-51(37)50-41)30-13-18-33(19-14-30)48-39(54)24-29-11-16-32(45)17-12-29/h11-22,25,27-28H,7-10,23-24,26H2,1-6H3,(H,46,56)(H,47,53)(H,48,54). The Morgan fingerprint density at radius 2 is 1.56 bits per heavy atom. The summed E-state index contributed by atoms with van der Waals surface area (Å²) in [5.74, 6) is -2.21. The van der Waals surface area contributed by atoms with Crippen LogP contribution in [0, 0.1) is 5.82 Å². The number of fused-ring (bicyclic) bond motifs is 1. The normalized spacial score (nSPS) is 11.9. The lowest BCUT2D eigenvalue weighted by atomic mass is 10.1. The third-order valence-electron chi connectivity index (χ3n) is 9.05. The number of halogens is 1. The summed E-state index contributed by atoms with van der Waals surface area (Å²) in [6.07, 6.45) is 1.51. The van der Waals surface area contributed by atoms with Crippen LogP contribution in [0.25, 0.3) is 16.8 Å². The molecule has 0 saturated heterocycles. The largest absolute Gasteiger partial charge is 0.495 e. The van der Waals surface area contributed by atoms with E-state index in [2.05, 4.69) is 26.0 Å². The van der Waals surface area contributed by atoms with Gasteiger partial charge in [0.1, 0.15) is 23.7 Å². The van der Waals surface area contributed by atoms with E-state index in [9.17, 15) is 36.8 Å². The maximum Gasteiger partial charge on any atom is 0.424 e. The van der Waals surface area contributed by atoms with Gasteiger partial charge in [-0.05, 0) is 93.3 Å². The summed E-state index contributed by atoms with van der Waals surface area (Å²) in [7, 11) is -2.41. The molecule has 0 saturated carbocycles. The van der Waals surface area contributed by atoms with Crippen molar-refractivity contribution in [1.29, 1.82) is 0 Å². The third-order valence-corrected chi connectivity index (χ3v) is 10.2. The van der Waals surface area contributed by atoms with E-state index in [-0.39, 0.29) is 46.8 Å². The zero-order valence-corrected chi connectivity index (χ0v) is 37.0. The number of benzene rings is 3. The zero-order chi connectivity index (χ0) is 46.6. The lowest BCUT2D eigenvalue weighted by molar-refractivity contribution is -0.164. The Hall–Kier alpha value is -7.09. The van der Waals surface area contributed by atoms with Crippen LogP contribution in [-0.4, -0.2) is 91.3 Å². The molecule has 4 amide bonds. The number of carbonyl (C=O) groups excluding carboxylic acids is 5. The fourth-order valence-electron chi connectivity index (χ4n) is 6.03. The maximum atomic E-state index is 13.9. The highest BCUT2D eigenvalue weighted by Gasteiger charge is 2.30. The smallest absolute Gasteiger partial charge is 0.424 e. The van der Waals surface area contributed by atoms with E-state index in [0.717, 1.165) is 16.7 Å². The quantitative estimate of drug-likeness (QED) is 0.0486. The van der Waals surface area contributed by atoms with E-state index in [0.29, 0.717) is 48.3 Å². The molecule has 0 aliphatic carbocycles. The molecule has 20 heteroatoms. The van der Waals surface area contributed by atoms with Gasteiger partial charge in [-0.1, -0.05) is 30.7 Å². The molecule has 0 aliphatic rings. The fraction of sp³-hybridized carbons (Fsp3) is 0.341. The van der Waals surface area contributed by atoms with E-state index in [1.807, 2.05) is 0 Å². The summed E-state index contributed by atoms with van der Waals surface area (Å²) >= 11 is 0. The number of methoxy groups -OCH3 is 1. The molecule has 18 nitrogen and oxygen atoms in total. The lowest BCUT2D eigenvalue weighted by Crippen LogP contribution is -2.35. The first-order valence-corrected chi connectivity index (χ1v) is 22.0. The third kappa shape index (κ3) is 14.2. The van der Waals surface area contributed by atoms with Gasteiger partial charge in [-0.3, -0.25) is 14.4 Å². The molecule has 5 aromatic rings. The summed E-state index contributed by atoms with van der Waals surface area (Å²) in [6.45, 7) is 6.46. The van der Waals surface area contributed by atoms with Gasteiger partial charge in [0.15, 0.2) is 15.5 Å². The zero-order valence-electron chi connectivity index (χ0n) is 36.2. The summed E-state index contributed by atoms with van der Waals surface area (Å²) in [5.41, 5.74) is 2.35. The SMILES string of the molecule is COc1cc(S(C)(=O)=O)ccc1N(C(=O)OC(C)OC(=O)CNC(=O)CCCCCNC(=O)OC(C)(C)C)c1nc2ccc(-c3ccc(NC(=O)Cc4ccc(F)cc4)cc3)cn2n1. The first kappa shape index (κ1) is 48.0. The number of nitrogens with one attached hydrogen (secondary N) is 3. The number of rotatable bonds is 18. The Morgan fingerprint density at radius 1 is 0.859 bits per heavy atom. The first-order valence-electron chi connectivity index (χ1n) is 20.1. The number of ether oxygens (including phenoxy) is 4. The van der Waals surface area contributed by atoms with Crippen LogP contribution in [0.1, 0.15) is 58.9 Å². The Kier molecular flexibility index (Phi) is 16.0. The van der Waals surface area contributed by atoms with Crippen LogP contribution in [0.5, 0.6) is 5.75 Å². The van der Waals surface area contributed by atoms with Crippen molar-refractivity contribution in [3.63, 3.8) is 0 Å². The van der Waals surface area contributed by atoms with Crippen LogP contribution in [0.3, 0.4) is 0 Å². The number of unbranched alkanes of at least 4 members (excludes halogenated alkanes) is 2. The van der Waals surface area contributed by atoms with Crippen LogP contribution in [0.4, 0.5) is 31.3 Å². The van der Waals surface area contributed by atoms with Gasteiger partial charge in [0.05, 0.1) is 24.1 Å². The van der Waals surface area contributed by atoms with Gasteiger partial charge in [0.25, 0.3) is 5.95 Å². The minimum Gasteiger partial charge on any atom is -0.495 e. The number of esters is 1. The van der Waals surface area contributed by atoms with E-state index in [1.54, 1.807) is 75.5 Å². The molecule has 0 bridgehead atoms. The van der Waals surface area contributed by atoms with Crippen molar-refractivity contribution in [1.82, 2.24) is 25.2 Å². The first-order chi connectivity index (χ1) is 30.3. The number of amides is 4. The molecule has 64 heavy (non-hydrogen) atoms. The number of pyridine rings is 1. The fourth-order valence-corrected chi connectivity index (χ4v) is 6.67. The molecule has 2 aromatic heterocycles. The predicted molar refractivity (Wildman–Crippen MR) is 233 cm³/mol. The number of hydrogen-bond donors (Lipinski definition) is 3. The van der Waals surface area contributed by atoms with Gasteiger partial charge in [0, 0.05) is 49.7 Å². The average molecular weight is 904 g/mol. The van der Waals surface area contributed by atoms with Crippen molar-refractivity contribution in [3.05, 3.63) is 96.4 Å². The van der Waals surface area contributed by atoms with Gasteiger partial charge in [-0.25, -0.2) is 31.8 Å². The van der Waals surface area contributed by atoms with Gasteiger partial charge >= 0.3 is 18.2 Å². The summed E-state index contributed by atoms with van der Waals surface area (Å²) in [4.78, 5) is 68.6. The molecule has 0 spiro atoms. The molecule has 3 aromatic carbocycles. The molecular weight excluding hydrogens is 854 g/mol. The summed E-state index contributed by atoms with van der Waals surface area (Å²) in [5, 5.41) is 12.5. The Bertz CT molecular complexity index is 2580. The molecular formula is C44H50FN7O11S. The maximum absolute atomic E-state index is 13.9. The van der Waals surface area contributed by atoms with E-state index in [4.69, 9.17) is 18.9 Å². The molecule has 0 aliphatic heterocycles. The van der Waals surface area contributed by atoms with Crippen molar-refractivity contribution >= 4 is 62.8 Å². The number of sulfone groups is 1. The minimum absolute atomic E-state index is 0.000459.